The van der Waals surface area contributed by atoms with E-state index < -0.39 is 0 Å². The van der Waals surface area contributed by atoms with Gasteiger partial charge in [-0.2, -0.15) is 0 Å². The summed E-state index contributed by atoms with van der Waals surface area (Å²) in [6, 6.07) is 11.6. The molecule has 0 spiro atoms. The van der Waals surface area contributed by atoms with Crippen LogP contribution >= 0.6 is 0 Å². The standard InChI is InChI=1S/C16H19N3O/c1-3-18-12(2)13-4-6-15(7-5-13)19-16(20)14-8-10-17-11-9-14/h4-12,18H,3H2,1-2H3,(H,19,20). The van der Waals surface area contributed by atoms with Crippen molar-refractivity contribution in [1.29, 1.82) is 0 Å². The Bertz CT molecular complexity index is 552. The van der Waals surface area contributed by atoms with E-state index in [0.29, 0.717) is 11.6 Å². The third-order valence-electron chi connectivity index (χ3n) is 3.12. The molecule has 0 aliphatic carbocycles. The van der Waals surface area contributed by atoms with Crippen LogP contribution in [0.25, 0.3) is 0 Å². The third kappa shape index (κ3) is 3.65. The Balaban J connectivity index is 2.02. The molecule has 2 rings (SSSR count). The van der Waals surface area contributed by atoms with Crippen molar-refractivity contribution in [2.45, 2.75) is 19.9 Å². The molecule has 2 aromatic rings. The van der Waals surface area contributed by atoms with E-state index in [1.165, 1.54) is 5.56 Å². The zero-order chi connectivity index (χ0) is 14.4. The maximum absolute atomic E-state index is 12.0. The Hall–Kier alpha value is -2.20. The number of hydrogen-bond donors (Lipinski definition) is 2. The zero-order valence-electron chi connectivity index (χ0n) is 11.8. The Morgan fingerprint density at radius 3 is 2.40 bits per heavy atom. The maximum atomic E-state index is 12.0. The van der Waals surface area contributed by atoms with Gasteiger partial charge < -0.3 is 10.6 Å². The smallest absolute Gasteiger partial charge is 0.255 e. The van der Waals surface area contributed by atoms with E-state index in [0.717, 1.165) is 12.2 Å². The summed E-state index contributed by atoms with van der Waals surface area (Å²) in [6.07, 6.45) is 3.21. The summed E-state index contributed by atoms with van der Waals surface area (Å²) in [5.74, 6) is -0.125. The number of aromatic nitrogens is 1. The van der Waals surface area contributed by atoms with Crippen molar-refractivity contribution in [3.8, 4) is 0 Å². The summed E-state index contributed by atoms with van der Waals surface area (Å²) < 4.78 is 0. The second kappa shape index (κ2) is 6.82. The number of hydrogen-bond acceptors (Lipinski definition) is 3. The number of carbonyl (C=O) groups excluding carboxylic acids is 1. The highest BCUT2D eigenvalue weighted by atomic mass is 16.1. The number of anilines is 1. The van der Waals surface area contributed by atoms with Crippen molar-refractivity contribution in [3.63, 3.8) is 0 Å². The van der Waals surface area contributed by atoms with Gasteiger partial charge in [0.15, 0.2) is 0 Å². The minimum atomic E-state index is -0.125. The van der Waals surface area contributed by atoms with Crippen molar-refractivity contribution < 1.29 is 4.79 Å². The van der Waals surface area contributed by atoms with Crippen LogP contribution in [-0.4, -0.2) is 17.4 Å². The van der Waals surface area contributed by atoms with Crippen molar-refractivity contribution in [2.24, 2.45) is 0 Å². The van der Waals surface area contributed by atoms with E-state index in [1.54, 1.807) is 24.5 Å². The van der Waals surface area contributed by atoms with E-state index >= 15 is 0 Å². The number of carbonyl (C=O) groups is 1. The summed E-state index contributed by atoms with van der Waals surface area (Å²) >= 11 is 0. The molecule has 4 heteroatoms. The van der Waals surface area contributed by atoms with Gasteiger partial charge in [0.1, 0.15) is 0 Å². The van der Waals surface area contributed by atoms with Gasteiger partial charge in [0.25, 0.3) is 5.91 Å². The second-order valence-electron chi connectivity index (χ2n) is 4.59. The summed E-state index contributed by atoms with van der Waals surface area (Å²) in [7, 11) is 0. The van der Waals surface area contributed by atoms with Gasteiger partial charge in [0.05, 0.1) is 0 Å². The van der Waals surface area contributed by atoms with Gasteiger partial charge in [0, 0.05) is 29.7 Å². The molecule has 1 unspecified atom stereocenters. The first-order valence-electron chi connectivity index (χ1n) is 6.75. The van der Waals surface area contributed by atoms with E-state index in [1.807, 2.05) is 24.3 Å². The van der Waals surface area contributed by atoms with Crippen molar-refractivity contribution in [2.75, 3.05) is 11.9 Å². The molecule has 20 heavy (non-hydrogen) atoms. The summed E-state index contributed by atoms with van der Waals surface area (Å²) in [4.78, 5) is 15.9. The maximum Gasteiger partial charge on any atom is 0.255 e. The van der Waals surface area contributed by atoms with Crippen LogP contribution in [0.3, 0.4) is 0 Å². The van der Waals surface area contributed by atoms with E-state index in [9.17, 15) is 4.79 Å². The minimum Gasteiger partial charge on any atom is -0.322 e. The van der Waals surface area contributed by atoms with Gasteiger partial charge in [-0.1, -0.05) is 19.1 Å². The molecule has 1 heterocycles. The molecule has 0 saturated heterocycles. The van der Waals surface area contributed by atoms with Crippen molar-refractivity contribution in [3.05, 3.63) is 59.9 Å². The largest absolute Gasteiger partial charge is 0.322 e. The monoisotopic (exact) mass is 269 g/mol. The predicted octanol–water partition coefficient (Wildman–Crippen LogP) is 3.00. The molecule has 0 radical (unpaired) electrons. The first-order chi connectivity index (χ1) is 9.70. The number of nitrogens with zero attached hydrogens (tertiary/aromatic N) is 1. The number of benzene rings is 1. The number of rotatable bonds is 5. The molecule has 0 saturated carbocycles. The van der Waals surface area contributed by atoms with Crippen LogP contribution in [0.2, 0.25) is 0 Å². The van der Waals surface area contributed by atoms with Crippen molar-refractivity contribution in [1.82, 2.24) is 10.3 Å². The lowest BCUT2D eigenvalue weighted by atomic mass is 10.1. The fraction of sp³-hybridized carbons (Fsp3) is 0.250. The molecule has 104 valence electrons. The third-order valence-corrected chi connectivity index (χ3v) is 3.12. The highest BCUT2D eigenvalue weighted by Gasteiger charge is 2.06. The molecular weight excluding hydrogens is 250 g/mol. The lowest BCUT2D eigenvalue weighted by molar-refractivity contribution is 0.102. The Labute approximate surface area is 119 Å². The van der Waals surface area contributed by atoms with Gasteiger partial charge >= 0.3 is 0 Å². The zero-order valence-corrected chi connectivity index (χ0v) is 11.8. The molecule has 1 amide bonds. The van der Waals surface area contributed by atoms with Gasteiger partial charge in [0.2, 0.25) is 0 Å². The quantitative estimate of drug-likeness (QED) is 0.877. The predicted molar refractivity (Wildman–Crippen MR) is 80.7 cm³/mol. The molecule has 0 aliphatic rings. The SMILES string of the molecule is CCNC(C)c1ccc(NC(=O)c2ccncc2)cc1. The van der Waals surface area contributed by atoms with Crippen LogP contribution in [-0.2, 0) is 0 Å². The van der Waals surface area contributed by atoms with Gasteiger partial charge in [-0.3, -0.25) is 9.78 Å². The Morgan fingerprint density at radius 2 is 1.80 bits per heavy atom. The Kier molecular flexibility index (Phi) is 4.85. The normalized spacial score (nSPS) is 11.9. The molecular formula is C16H19N3O. The molecule has 1 aromatic heterocycles. The molecule has 1 aromatic carbocycles. The van der Waals surface area contributed by atoms with Gasteiger partial charge in [-0.15, -0.1) is 0 Å². The Morgan fingerprint density at radius 1 is 1.15 bits per heavy atom. The molecule has 0 fully saturated rings. The van der Waals surface area contributed by atoms with Crippen LogP contribution in [0.5, 0.6) is 0 Å². The average Bonchev–Trinajstić information content (AvgIpc) is 2.49. The molecule has 0 aliphatic heterocycles. The fourth-order valence-electron chi connectivity index (χ4n) is 1.99. The van der Waals surface area contributed by atoms with Crippen LogP contribution in [0, 0.1) is 0 Å². The molecule has 1 atom stereocenters. The highest BCUT2D eigenvalue weighted by Crippen LogP contribution is 2.16. The topological polar surface area (TPSA) is 54.0 Å². The number of nitrogens with one attached hydrogen (secondary N) is 2. The first-order valence-corrected chi connectivity index (χ1v) is 6.75. The first kappa shape index (κ1) is 14.2. The van der Waals surface area contributed by atoms with Crippen LogP contribution < -0.4 is 10.6 Å². The van der Waals surface area contributed by atoms with Crippen LogP contribution in [0.1, 0.15) is 35.8 Å². The van der Waals surface area contributed by atoms with E-state index in [2.05, 4.69) is 29.5 Å². The minimum absolute atomic E-state index is 0.125. The van der Waals surface area contributed by atoms with Crippen LogP contribution in [0.15, 0.2) is 48.8 Å². The van der Waals surface area contributed by atoms with E-state index in [-0.39, 0.29) is 5.91 Å². The lowest BCUT2D eigenvalue weighted by Gasteiger charge is -2.13. The summed E-state index contributed by atoms with van der Waals surface area (Å²) in [5.41, 5.74) is 2.60. The van der Waals surface area contributed by atoms with Gasteiger partial charge in [-0.05, 0) is 43.3 Å². The average molecular weight is 269 g/mol. The summed E-state index contributed by atoms with van der Waals surface area (Å²) in [5, 5.41) is 6.22. The molecule has 2 N–H and O–H groups in total. The second-order valence-corrected chi connectivity index (χ2v) is 4.59. The number of pyridine rings is 1. The van der Waals surface area contributed by atoms with E-state index in [4.69, 9.17) is 0 Å². The van der Waals surface area contributed by atoms with Crippen molar-refractivity contribution >= 4 is 11.6 Å². The summed E-state index contributed by atoms with van der Waals surface area (Å²) in [6.45, 7) is 5.13. The lowest BCUT2D eigenvalue weighted by Crippen LogP contribution is -2.17. The molecule has 4 nitrogen and oxygen atoms in total. The highest BCUT2D eigenvalue weighted by molar-refractivity contribution is 6.04. The van der Waals surface area contributed by atoms with Crippen LogP contribution in [0.4, 0.5) is 5.69 Å². The van der Waals surface area contributed by atoms with Gasteiger partial charge in [-0.25, -0.2) is 0 Å². The number of amides is 1. The fourth-order valence-corrected chi connectivity index (χ4v) is 1.99. The molecule has 0 bridgehead atoms.